The summed E-state index contributed by atoms with van der Waals surface area (Å²) in [7, 11) is 2.79. The summed E-state index contributed by atoms with van der Waals surface area (Å²) in [5, 5.41) is 19.6. The summed E-state index contributed by atoms with van der Waals surface area (Å²) in [6.07, 6.45) is -1.75. The van der Waals surface area contributed by atoms with Crippen molar-refractivity contribution in [3.63, 3.8) is 0 Å². The summed E-state index contributed by atoms with van der Waals surface area (Å²) in [6, 6.07) is 2.91. The van der Waals surface area contributed by atoms with Crippen LogP contribution in [0, 0.1) is 0 Å². The molecule has 0 aromatic heterocycles. The summed E-state index contributed by atoms with van der Waals surface area (Å²) in [5.41, 5.74) is 5.92. The molecule has 6 nitrogen and oxygen atoms in total. The average molecular weight is 255 g/mol. The van der Waals surface area contributed by atoms with Crippen LogP contribution in [0.15, 0.2) is 12.1 Å². The van der Waals surface area contributed by atoms with Gasteiger partial charge in [-0.2, -0.15) is 0 Å². The number of hydrogen-bond acceptors (Lipinski definition) is 6. The SMILES string of the molecule is COc1cc(C=O)cc(OC)c1C(O)C(O)CN. The summed E-state index contributed by atoms with van der Waals surface area (Å²) in [4.78, 5) is 10.8. The van der Waals surface area contributed by atoms with E-state index in [2.05, 4.69) is 0 Å². The molecule has 2 atom stereocenters. The standard InChI is InChI=1S/C12H17NO5/c1-17-9-3-7(6-14)4-10(18-2)11(9)12(16)8(15)5-13/h3-4,6,8,12,15-16H,5,13H2,1-2H3. The first-order valence-electron chi connectivity index (χ1n) is 5.36. The molecular weight excluding hydrogens is 238 g/mol. The molecule has 1 aromatic rings. The zero-order valence-electron chi connectivity index (χ0n) is 10.3. The van der Waals surface area contributed by atoms with Crippen molar-refractivity contribution >= 4 is 6.29 Å². The van der Waals surface area contributed by atoms with Crippen molar-refractivity contribution in [2.24, 2.45) is 5.73 Å². The van der Waals surface area contributed by atoms with Crippen molar-refractivity contribution in [2.45, 2.75) is 12.2 Å². The van der Waals surface area contributed by atoms with Crippen LogP contribution in [0.25, 0.3) is 0 Å². The molecule has 4 N–H and O–H groups in total. The number of methoxy groups -OCH3 is 2. The third-order valence-corrected chi connectivity index (χ3v) is 2.60. The molecule has 0 radical (unpaired) electrons. The predicted molar refractivity (Wildman–Crippen MR) is 65.0 cm³/mol. The van der Waals surface area contributed by atoms with Gasteiger partial charge in [-0.1, -0.05) is 0 Å². The minimum Gasteiger partial charge on any atom is -0.496 e. The van der Waals surface area contributed by atoms with Gasteiger partial charge in [-0.3, -0.25) is 4.79 Å². The van der Waals surface area contributed by atoms with Gasteiger partial charge in [0.2, 0.25) is 0 Å². The second-order valence-corrected chi connectivity index (χ2v) is 3.70. The van der Waals surface area contributed by atoms with Crippen molar-refractivity contribution in [3.05, 3.63) is 23.3 Å². The molecule has 0 saturated carbocycles. The molecule has 0 aliphatic rings. The molecule has 0 saturated heterocycles. The number of benzene rings is 1. The Hall–Kier alpha value is -1.63. The summed E-state index contributed by atoms with van der Waals surface area (Å²) in [5.74, 6) is 0.521. The van der Waals surface area contributed by atoms with Gasteiger partial charge in [0.1, 0.15) is 23.9 Å². The number of aldehydes is 1. The van der Waals surface area contributed by atoms with Crippen molar-refractivity contribution in [3.8, 4) is 11.5 Å². The van der Waals surface area contributed by atoms with Gasteiger partial charge in [0.15, 0.2) is 0 Å². The predicted octanol–water partition coefficient (Wildman–Crippen LogP) is -0.131. The maximum atomic E-state index is 10.8. The number of carbonyl (C=O) groups is 1. The average Bonchev–Trinajstić information content (AvgIpc) is 2.43. The van der Waals surface area contributed by atoms with E-state index in [1.54, 1.807) is 0 Å². The monoisotopic (exact) mass is 255 g/mol. The fourth-order valence-electron chi connectivity index (χ4n) is 1.64. The normalized spacial score (nSPS) is 13.8. The van der Waals surface area contributed by atoms with Crippen molar-refractivity contribution in [1.82, 2.24) is 0 Å². The largest absolute Gasteiger partial charge is 0.496 e. The minimum absolute atomic E-state index is 0.108. The number of rotatable bonds is 6. The van der Waals surface area contributed by atoms with E-state index >= 15 is 0 Å². The topological polar surface area (TPSA) is 102 Å². The lowest BCUT2D eigenvalue weighted by atomic mass is 10.00. The number of carbonyl (C=O) groups excluding carboxylic acids is 1. The Labute approximate surface area is 105 Å². The number of aliphatic hydroxyl groups is 2. The van der Waals surface area contributed by atoms with Gasteiger partial charge < -0.3 is 25.4 Å². The van der Waals surface area contributed by atoms with Crippen LogP contribution in [0.3, 0.4) is 0 Å². The molecule has 18 heavy (non-hydrogen) atoms. The number of ether oxygens (including phenoxy) is 2. The third-order valence-electron chi connectivity index (χ3n) is 2.60. The quantitative estimate of drug-likeness (QED) is 0.612. The smallest absolute Gasteiger partial charge is 0.150 e. The van der Waals surface area contributed by atoms with Crippen LogP contribution in [0.1, 0.15) is 22.0 Å². The van der Waals surface area contributed by atoms with Gasteiger partial charge in [0, 0.05) is 12.1 Å². The zero-order valence-corrected chi connectivity index (χ0v) is 10.3. The molecule has 0 fully saturated rings. The first-order chi connectivity index (χ1) is 8.58. The third kappa shape index (κ3) is 2.79. The molecule has 0 aliphatic heterocycles. The zero-order chi connectivity index (χ0) is 13.7. The molecule has 0 bridgehead atoms. The van der Waals surface area contributed by atoms with E-state index < -0.39 is 12.2 Å². The highest BCUT2D eigenvalue weighted by Gasteiger charge is 2.25. The number of nitrogens with two attached hydrogens (primary N) is 1. The molecule has 1 rings (SSSR count). The second kappa shape index (κ2) is 6.34. The van der Waals surface area contributed by atoms with E-state index in [0.717, 1.165) is 0 Å². The van der Waals surface area contributed by atoms with E-state index in [1.807, 2.05) is 0 Å². The molecule has 1 aromatic carbocycles. The van der Waals surface area contributed by atoms with Crippen LogP contribution in [0.2, 0.25) is 0 Å². The van der Waals surface area contributed by atoms with Gasteiger partial charge >= 0.3 is 0 Å². The first-order valence-corrected chi connectivity index (χ1v) is 5.36. The van der Waals surface area contributed by atoms with Crippen molar-refractivity contribution in [1.29, 1.82) is 0 Å². The summed E-state index contributed by atoms with van der Waals surface area (Å²) in [6.45, 7) is -0.108. The molecule has 0 aliphatic carbocycles. The molecular formula is C12H17NO5. The Morgan fingerprint density at radius 1 is 1.28 bits per heavy atom. The molecule has 2 unspecified atom stereocenters. The highest BCUT2D eigenvalue weighted by molar-refractivity contribution is 5.77. The van der Waals surface area contributed by atoms with Crippen LogP contribution in [0.4, 0.5) is 0 Å². The summed E-state index contributed by atoms with van der Waals surface area (Å²) >= 11 is 0. The van der Waals surface area contributed by atoms with Crippen LogP contribution < -0.4 is 15.2 Å². The minimum atomic E-state index is -1.25. The van der Waals surface area contributed by atoms with Gasteiger partial charge in [0.05, 0.1) is 25.9 Å². The van der Waals surface area contributed by atoms with Crippen molar-refractivity contribution < 1.29 is 24.5 Å². The van der Waals surface area contributed by atoms with Gasteiger partial charge in [-0.25, -0.2) is 0 Å². The molecule has 0 amide bonds. The van der Waals surface area contributed by atoms with E-state index in [9.17, 15) is 15.0 Å². The summed E-state index contributed by atoms with van der Waals surface area (Å²) < 4.78 is 10.2. The van der Waals surface area contributed by atoms with E-state index in [1.165, 1.54) is 26.4 Å². The lowest BCUT2D eigenvalue weighted by Crippen LogP contribution is -2.27. The van der Waals surface area contributed by atoms with Gasteiger partial charge in [0.25, 0.3) is 0 Å². The van der Waals surface area contributed by atoms with E-state index in [4.69, 9.17) is 15.2 Å². The Balaban J connectivity index is 3.34. The van der Waals surface area contributed by atoms with Crippen LogP contribution in [-0.2, 0) is 0 Å². The second-order valence-electron chi connectivity index (χ2n) is 3.70. The fraction of sp³-hybridized carbons (Fsp3) is 0.417. The number of aliphatic hydroxyl groups excluding tert-OH is 2. The molecule has 0 heterocycles. The lowest BCUT2D eigenvalue weighted by molar-refractivity contribution is 0.0214. The first kappa shape index (κ1) is 14.4. The molecule has 100 valence electrons. The maximum absolute atomic E-state index is 10.8. The maximum Gasteiger partial charge on any atom is 0.150 e. The van der Waals surface area contributed by atoms with Gasteiger partial charge in [-0.05, 0) is 12.1 Å². The highest BCUT2D eigenvalue weighted by atomic mass is 16.5. The highest BCUT2D eigenvalue weighted by Crippen LogP contribution is 2.36. The lowest BCUT2D eigenvalue weighted by Gasteiger charge is -2.21. The Morgan fingerprint density at radius 2 is 1.78 bits per heavy atom. The molecule has 0 spiro atoms. The van der Waals surface area contributed by atoms with E-state index in [0.29, 0.717) is 11.8 Å². The van der Waals surface area contributed by atoms with E-state index in [-0.39, 0.29) is 23.6 Å². The van der Waals surface area contributed by atoms with Crippen LogP contribution in [-0.4, -0.2) is 43.4 Å². The Kier molecular flexibility index (Phi) is 5.08. The van der Waals surface area contributed by atoms with Crippen LogP contribution in [0.5, 0.6) is 11.5 Å². The Bertz CT molecular complexity index is 396. The Morgan fingerprint density at radius 3 is 2.11 bits per heavy atom. The van der Waals surface area contributed by atoms with Crippen molar-refractivity contribution in [2.75, 3.05) is 20.8 Å². The fourth-order valence-corrected chi connectivity index (χ4v) is 1.64. The van der Waals surface area contributed by atoms with Crippen LogP contribution >= 0.6 is 0 Å². The van der Waals surface area contributed by atoms with Gasteiger partial charge in [-0.15, -0.1) is 0 Å². The number of hydrogen-bond donors (Lipinski definition) is 3. The molecule has 6 heteroatoms.